The highest BCUT2D eigenvalue weighted by atomic mass is 16.2. The van der Waals surface area contributed by atoms with Crippen LogP contribution in [0.1, 0.15) is 30.9 Å². The molecule has 1 aliphatic heterocycles. The summed E-state index contributed by atoms with van der Waals surface area (Å²) in [4.78, 5) is 25.9. The van der Waals surface area contributed by atoms with Gasteiger partial charge in [-0.2, -0.15) is 0 Å². The van der Waals surface area contributed by atoms with Crippen LogP contribution < -0.4 is 11.1 Å². The molecule has 0 saturated carbocycles. The molecule has 20 heavy (non-hydrogen) atoms. The largest absolute Gasteiger partial charge is 0.354 e. The molecule has 1 saturated heterocycles. The number of carbonyl (C=O) groups excluding carboxylic acids is 2. The average Bonchev–Trinajstić information content (AvgIpc) is 2.67. The molecule has 0 bridgehead atoms. The molecule has 5 nitrogen and oxygen atoms in total. The van der Waals surface area contributed by atoms with Crippen molar-refractivity contribution in [3.05, 3.63) is 35.9 Å². The van der Waals surface area contributed by atoms with E-state index in [1.165, 1.54) is 0 Å². The van der Waals surface area contributed by atoms with Crippen LogP contribution in [0.25, 0.3) is 0 Å². The zero-order valence-electron chi connectivity index (χ0n) is 11.5. The first kappa shape index (κ1) is 14.5. The summed E-state index contributed by atoms with van der Waals surface area (Å²) in [6.45, 7) is 1.57. The third kappa shape index (κ3) is 3.57. The van der Waals surface area contributed by atoms with E-state index in [1.54, 1.807) is 0 Å². The number of nitrogens with two attached hydrogens (primary N) is 1. The van der Waals surface area contributed by atoms with Gasteiger partial charge in [-0.05, 0) is 18.5 Å². The molecule has 1 atom stereocenters. The number of hydrogen-bond acceptors (Lipinski definition) is 3. The molecule has 1 heterocycles. The van der Waals surface area contributed by atoms with E-state index in [0.717, 1.165) is 5.56 Å². The molecule has 1 unspecified atom stereocenters. The van der Waals surface area contributed by atoms with Crippen LogP contribution in [0, 0.1) is 0 Å². The number of nitrogens with one attached hydrogen (secondary N) is 1. The highest BCUT2D eigenvalue weighted by molar-refractivity contribution is 5.81. The summed E-state index contributed by atoms with van der Waals surface area (Å²) in [7, 11) is 0. The van der Waals surface area contributed by atoms with Crippen LogP contribution in [0.2, 0.25) is 0 Å². The fourth-order valence-corrected chi connectivity index (χ4v) is 2.50. The minimum atomic E-state index is -0.177. The first-order valence-electron chi connectivity index (χ1n) is 7.03. The third-order valence-corrected chi connectivity index (χ3v) is 3.53. The first-order chi connectivity index (χ1) is 9.72. The molecule has 0 aromatic heterocycles. The maximum Gasteiger partial charge on any atom is 0.223 e. The summed E-state index contributed by atoms with van der Waals surface area (Å²) in [5.41, 5.74) is 6.47. The maximum atomic E-state index is 12.3. The quantitative estimate of drug-likeness (QED) is 0.854. The normalized spacial score (nSPS) is 19.4. The Balaban J connectivity index is 2.20. The van der Waals surface area contributed by atoms with Gasteiger partial charge in [-0.15, -0.1) is 0 Å². The van der Waals surface area contributed by atoms with E-state index >= 15 is 0 Å². The van der Waals surface area contributed by atoms with E-state index in [0.29, 0.717) is 38.9 Å². The van der Waals surface area contributed by atoms with Crippen molar-refractivity contribution in [2.24, 2.45) is 5.73 Å². The van der Waals surface area contributed by atoms with Gasteiger partial charge in [-0.1, -0.05) is 30.3 Å². The summed E-state index contributed by atoms with van der Waals surface area (Å²) >= 11 is 0. The maximum absolute atomic E-state index is 12.3. The summed E-state index contributed by atoms with van der Waals surface area (Å²) in [6, 6.07) is 9.55. The number of rotatable bonds is 4. The van der Waals surface area contributed by atoms with E-state index < -0.39 is 0 Å². The lowest BCUT2D eigenvalue weighted by Crippen LogP contribution is -2.36. The molecule has 1 aromatic carbocycles. The fraction of sp³-hybridized carbons (Fsp3) is 0.467. The van der Waals surface area contributed by atoms with Gasteiger partial charge in [0.25, 0.3) is 0 Å². The van der Waals surface area contributed by atoms with Crippen molar-refractivity contribution in [3.8, 4) is 0 Å². The molecule has 2 rings (SSSR count). The van der Waals surface area contributed by atoms with Crippen molar-refractivity contribution in [1.82, 2.24) is 10.2 Å². The van der Waals surface area contributed by atoms with E-state index in [4.69, 9.17) is 5.73 Å². The van der Waals surface area contributed by atoms with Crippen molar-refractivity contribution in [3.63, 3.8) is 0 Å². The topological polar surface area (TPSA) is 75.4 Å². The SMILES string of the molecule is NCCCC(=O)N1CCNC(=O)CC1c1ccccc1. The average molecular weight is 275 g/mol. The van der Waals surface area contributed by atoms with Gasteiger partial charge in [0.1, 0.15) is 0 Å². The molecule has 1 aliphatic rings. The number of nitrogens with zero attached hydrogens (tertiary/aromatic N) is 1. The monoisotopic (exact) mass is 275 g/mol. The lowest BCUT2D eigenvalue weighted by Gasteiger charge is -2.29. The van der Waals surface area contributed by atoms with Gasteiger partial charge in [0.2, 0.25) is 11.8 Å². The van der Waals surface area contributed by atoms with Gasteiger partial charge < -0.3 is 16.0 Å². The van der Waals surface area contributed by atoms with Crippen LogP contribution in [0.3, 0.4) is 0 Å². The third-order valence-electron chi connectivity index (χ3n) is 3.53. The van der Waals surface area contributed by atoms with Crippen molar-refractivity contribution in [2.75, 3.05) is 19.6 Å². The molecule has 0 aliphatic carbocycles. The lowest BCUT2D eigenvalue weighted by atomic mass is 10.0. The standard InChI is InChI=1S/C15H21N3O2/c16-8-4-7-15(20)18-10-9-17-14(19)11-13(18)12-5-2-1-3-6-12/h1-3,5-6,13H,4,7-11,16H2,(H,17,19). The van der Waals surface area contributed by atoms with Gasteiger partial charge in [0.15, 0.2) is 0 Å². The second-order valence-electron chi connectivity index (χ2n) is 4.96. The van der Waals surface area contributed by atoms with E-state index in [2.05, 4.69) is 5.32 Å². The molecule has 1 fully saturated rings. The van der Waals surface area contributed by atoms with Crippen molar-refractivity contribution < 1.29 is 9.59 Å². The molecule has 1 aromatic rings. The number of benzene rings is 1. The van der Waals surface area contributed by atoms with Crippen molar-refractivity contribution in [2.45, 2.75) is 25.3 Å². The van der Waals surface area contributed by atoms with Crippen LogP contribution in [0.15, 0.2) is 30.3 Å². The zero-order valence-corrected chi connectivity index (χ0v) is 11.5. The smallest absolute Gasteiger partial charge is 0.223 e. The number of carbonyl (C=O) groups is 2. The number of amides is 2. The molecule has 3 N–H and O–H groups in total. The van der Waals surface area contributed by atoms with E-state index in [-0.39, 0.29) is 17.9 Å². The van der Waals surface area contributed by atoms with Gasteiger partial charge in [-0.25, -0.2) is 0 Å². The van der Waals surface area contributed by atoms with Gasteiger partial charge >= 0.3 is 0 Å². The molecular formula is C15H21N3O2. The molecule has 0 radical (unpaired) electrons. The summed E-state index contributed by atoms with van der Waals surface area (Å²) in [6.07, 6.45) is 1.44. The molecule has 5 heteroatoms. The molecule has 0 spiro atoms. The minimum Gasteiger partial charge on any atom is -0.354 e. The zero-order chi connectivity index (χ0) is 14.4. The van der Waals surface area contributed by atoms with E-state index in [9.17, 15) is 9.59 Å². The first-order valence-corrected chi connectivity index (χ1v) is 7.03. The molecule has 2 amide bonds. The highest BCUT2D eigenvalue weighted by Gasteiger charge is 2.29. The second-order valence-corrected chi connectivity index (χ2v) is 4.96. The van der Waals surface area contributed by atoms with Crippen molar-refractivity contribution >= 4 is 11.8 Å². The van der Waals surface area contributed by atoms with Gasteiger partial charge in [0, 0.05) is 19.5 Å². The van der Waals surface area contributed by atoms with Crippen LogP contribution >= 0.6 is 0 Å². The highest BCUT2D eigenvalue weighted by Crippen LogP contribution is 2.26. The summed E-state index contributed by atoms with van der Waals surface area (Å²) < 4.78 is 0. The Morgan fingerprint density at radius 3 is 2.80 bits per heavy atom. The Morgan fingerprint density at radius 1 is 1.35 bits per heavy atom. The molecular weight excluding hydrogens is 254 g/mol. The predicted octanol–water partition coefficient (Wildman–Crippen LogP) is 0.815. The summed E-state index contributed by atoms with van der Waals surface area (Å²) in [5, 5.41) is 2.83. The van der Waals surface area contributed by atoms with E-state index in [1.807, 2.05) is 35.2 Å². The van der Waals surface area contributed by atoms with Crippen molar-refractivity contribution in [1.29, 1.82) is 0 Å². The summed E-state index contributed by atoms with van der Waals surface area (Å²) in [5.74, 6) is 0.0637. The van der Waals surface area contributed by atoms with Crippen LogP contribution in [0.5, 0.6) is 0 Å². The van der Waals surface area contributed by atoms with Gasteiger partial charge in [-0.3, -0.25) is 9.59 Å². The molecule has 108 valence electrons. The van der Waals surface area contributed by atoms with Gasteiger partial charge in [0.05, 0.1) is 12.5 Å². The Kier molecular flexibility index (Phi) is 5.12. The Labute approximate surface area is 119 Å². The van der Waals surface area contributed by atoms with Crippen LogP contribution in [-0.4, -0.2) is 36.3 Å². The Hall–Kier alpha value is -1.88. The predicted molar refractivity (Wildman–Crippen MR) is 76.8 cm³/mol. The second kappa shape index (κ2) is 7.05. The van der Waals surface area contributed by atoms with Crippen LogP contribution in [0.4, 0.5) is 0 Å². The van der Waals surface area contributed by atoms with Crippen LogP contribution in [-0.2, 0) is 9.59 Å². The minimum absolute atomic E-state index is 0.00650. The Bertz CT molecular complexity index is 461. The number of hydrogen-bond donors (Lipinski definition) is 2. The fourth-order valence-electron chi connectivity index (χ4n) is 2.50. The lowest BCUT2D eigenvalue weighted by molar-refractivity contribution is -0.133. The Morgan fingerprint density at radius 2 is 2.10 bits per heavy atom.